The molecule has 156 valence electrons. The molecule has 0 heterocycles. The lowest BCUT2D eigenvalue weighted by atomic mass is 10.2. The molecule has 2 N–H and O–H groups in total. The second-order valence-corrected chi connectivity index (χ2v) is 7.67. The van der Waals surface area contributed by atoms with E-state index in [2.05, 4.69) is 21.4 Å². The van der Waals surface area contributed by atoms with Crippen LogP contribution in [0.3, 0.4) is 0 Å². The number of amides is 1. The van der Waals surface area contributed by atoms with Gasteiger partial charge in [-0.15, -0.1) is 6.58 Å². The van der Waals surface area contributed by atoms with Crippen LogP contribution in [0.1, 0.15) is 15.9 Å². The van der Waals surface area contributed by atoms with Crippen molar-refractivity contribution >= 4 is 15.9 Å². The lowest BCUT2D eigenvalue weighted by molar-refractivity contribution is -0.153. The highest BCUT2D eigenvalue weighted by Crippen LogP contribution is 2.19. The smallest absolute Gasteiger partial charge is 0.422 e. The van der Waals surface area contributed by atoms with Crippen LogP contribution in [0.15, 0.2) is 66.1 Å². The number of rotatable bonds is 9. The molecule has 0 atom stereocenters. The number of ether oxygens (including phenoxy) is 1. The van der Waals surface area contributed by atoms with Gasteiger partial charge in [-0.05, 0) is 35.9 Å². The molecule has 0 aromatic heterocycles. The number of hydrogen-bond acceptors (Lipinski definition) is 4. The Labute approximate surface area is 166 Å². The Morgan fingerprint density at radius 3 is 2.55 bits per heavy atom. The van der Waals surface area contributed by atoms with Crippen molar-refractivity contribution in [1.82, 2.24) is 10.0 Å². The molecule has 0 unspecified atom stereocenters. The van der Waals surface area contributed by atoms with E-state index in [1.165, 1.54) is 48.5 Å². The summed E-state index contributed by atoms with van der Waals surface area (Å²) in [6.45, 7) is 2.09. The molecule has 29 heavy (non-hydrogen) atoms. The lowest BCUT2D eigenvalue weighted by Gasteiger charge is -2.11. The monoisotopic (exact) mass is 428 g/mol. The molecule has 2 aromatic carbocycles. The van der Waals surface area contributed by atoms with Crippen molar-refractivity contribution in [2.45, 2.75) is 17.6 Å². The Bertz CT molecular complexity index is 975. The van der Waals surface area contributed by atoms with Crippen LogP contribution >= 0.6 is 0 Å². The number of sulfonamides is 1. The molecule has 1 amide bonds. The molecule has 0 fully saturated rings. The standard InChI is InChI=1S/C19H19F3N2O4S/c1-2-9-24-29(26,27)17-8-4-6-15(11-17)18(25)23-12-14-5-3-7-16(10-14)28-13-19(20,21)22/h2-8,10-11,24H,1,9,12-13H2,(H,23,25). The molecule has 0 saturated carbocycles. The highest BCUT2D eigenvalue weighted by atomic mass is 32.2. The fourth-order valence-corrected chi connectivity index (χ4v) is 3.30. The Morgan fingerprint density at radius 2 is 1.86 bits per heavy atom. The van der Waals surface area contributed by atoms with Crippen LogP contribution in [-0.2, 0) is 16.6 Å². The number of alkyl halides is 3. The van der Waals surface area contributed by atoms with Gasteiger partial charge in [-0.2, -0.15) is 13.2 Å². The van der Waals surface area contributed by atoms with Crippen molar-refractivity contribution in [3.63, 3.8) is 0 Å². The molecule has 0 aliphatic heterocycles. The van der Waals surface area contributed by atoms with Gasteiger partial charge in [0.15, 0.2) is 6.61 Å². The summed E-state index contributed by atoms with van der Waals surface area (Å²) in [5, 5.41) is 2.59. The van der Waals surface area contributed by atoms with Gasteiger partial charge in [-0.1, -0.05) is 24.3 Å². The van der Waals surface area contributed by atoms with E-state index in [0.717, 1.165) is 0 Å². The lowest BCUT2D eigenvalue weighted by Crippen LogP contribution is -2.25. The van der Waals surface area contributed by atoms with Crippen molar-refractivity contribution in [2.24, 2.45) is 0 Å². The topological polar surface area (TPSA) is 84.5 Å². The van der Waals surface area contributed by atoms with Crippen LogP contribution < -0.4 is 14.8 Å². The Kier molecular flexibility index (Phi) is 7.40. The molecule has 0 aliphatic rings. The largest absolute Gasteiger partial charge is 0.484 e. The average Bonchev–Trinajstić information content (AvgIpc) is 2.69. The van der Waals surface area contributed by atoms with E-state index in [1.54, 1.807) is 6.07 Å². The average molecular weight is 428 g/mol. The highest BCUT2D eigenvalue weighted by molar-refractivity contribution is 7.89. The molecule has 0 aliphatic carbocycles. The Hall–Kier alpha value is -2.85. The summed E-state index contributed by atoms with van der Waals surface area (Å²) in [5.41, 5.74) is 0.644. The van der Waals surface area contributed by atoms with Gasteiger partial charge in [0, 0.05) is 18.7 Å². The van der Waals surface area contributed by atoms with Gasteiger partial charge >= 0.3 is 6.18 Å². The Balaban J connectivity index is 2.03. The summed E-state index contributed by atoms with van der Waals surface area (Å²) in [4.78, 5) is 12.3. The SMILES string of the molecule is C=CCNS(=O)(=O)c1cccc(C(=O)NCc2cccc(OCC(F)(F)F)c2)c1. The fraction of sp³-hybridized carbons (Fsp3) is 0.211. The van der Waals surface area contributed by atoms with Crippen LogP contribution in [0, 0.1) is 0 Å². The van der Waals surface area contributed by atoms with Crippen molar-refractivity contribution in [3.8, 4) is 5.75 Å². The zero-order valence-corrected chi connectivity index (χ0v) is 16.0. The number of carbonyl (C=O) groups excluding carboxylic acids is 1. The summed E-state index contributed by atoms with van der Waals surface area (Å²) in [7, 11) is -3.78. The van der Waals surface area contributed by atoms with Gasteiger partial charge in [-0.25, -0.2) is 13.1 Å². The van der Waals surface area contributed by atoms with E-state index in [-0.39, 0.29) is 29.3 Å². The molecule has 2 rings (SSSR count). The minimum absolute atomic E-state index is 0.0216. The predicted octanol–water partition coefficient (Wildman–Crippen LogP) is 3.02. The van der Waals surface area contributed by atoms with Crippen LogP contribution in [0.2, 0.25) is 0 Å². The summed E-state index contributed by atoms with van der Waals surface area (Å²) >= 11 is 0. The van der Waals surface area contributed by atoms with E-state index in [4.69, 9.17) is 0 Å². The van der Waals surface area contributed by atoms with Gasteiger partial charge in [0.1, 0.15) is 5.75 Å². The number of hydrogen-bond donors (Lipinski definition) is 2. The van der Waals surface area contributed by atoms with E-state index in [0.29, 0.717) is 5.56 Å². The maximum Gasteiger partial charge on any atom is 0.422 e. The molecule has 0 radical (unpaired) electrons. The first-order chi connectivity index (χ1) is 13.6. The second-order valence-electron chi connectivity index (χ2n) is 5.90. The van der Waals surface area contributed by atoms with Crippen molar-refractivity contribution in [2.75, 3.05) is 13.2 Å². The third-order valence-corrected chi connectivity index (χ3v) is 5.00. The number of benzene rings is 2. The first-order valence-corrected chi connectivity index (χ1v) is 9.86. The number of halogens is 3. The van der Waals surface area contributed by atoms with Crippen LogP contribution in [0.25, 0.3) is 0 Å². The molecular weight excluding hydrogens is 409 g/mol. The molecule has 2 aromatic rings. The van der Waals surface area contributed by atoms with Crippen molar-refractivity contribution in [3.05, 3.63) is 72.3 Å². The van der Waals surface area contributed by atoms with Gasteiger partial charge in [0.2, 0.25) is 10.0 Å². The molecule has 0 saturated heterocycles. The summed E-state index contributed by atoms with van der Waals surface area (Å²) in [6.07, 6.45) is -3.06. The van der Waals surface area contributed by atoms with Gasteiger partial charge < -0.3 is 10.1 Å². The van der Waals surface area contributed by atoms with Crippen LogP contribution in [-0.4, -0.2) is 33.7 Å². The first-order valence-electron chi connectivity index (χ1n) is 8.38. The van der Waals surface area contributed by atoms with E-state index in [1.807, 2.05) is 0 Å². The maximum absolute atomic E-state index is 12.3. The van der Waals surface area contributed by atoms with E-state index in [9.17, 15) is 26.4 Å². The van der Waals surface area contributed by atoms with Gasteiger partial charge in [0.05, 0.1) is 4.90 Å². The summed E-state index contributed by atoms with van der Waals surface area (Å²) in [6, 6.07) is 11.3. The molecule has 0 bridgehead atoms. The molecular formula is C19H19F3N2O4S. The zero-order chi connectivity index (χ0) is 21.5. The molecule has 6 nitrogen and oxygen atoms in total. The number of carbonyl (C=O) groups is 1. The van der Waals surface area contributed by atoms with E-state index >= 15 is 0 Å². The minimum Gasteiger partial charge on any atom is -0.484 e. The van der Waals surface area contributed by atoms with E-state index < -0.39 is 28.7 Å². The second kappa shape index (κ2) is 9.57. The first kappa shape index (κ1) is 22.4. The molecule has 0 spiro atoms. The predicted molar refractivity (Wildman–Crippen MR) is 101 cm³/mol. The quantitative estimate of drug-likeness (QED) is 0.602. The normalized spacial score (nSPS) is 11.7. The summed E-state index contributed by atoms with van der Waals surface area (Å²) in [5.74, 6) is -0.511. The maximum atomic E-state index is 12.3. The minimum atomic E-state index is -4.45. The zero-order valence-electron chi connectivity index (χ0n) is 15.2. The van der Waals surface area contributed by atoms with Gasteiger partial charge in [0.25, 0.3) is 5.91 Å². The fourth-order valence-electron chi connectivity index (χ4n) is 2.25. The Morgan fingerprint density at radius 1 is 1.14 bits per heavy atom. The van der Waals surface area contributed by atoms with Crippen molar-refractivity contribution < 1.29 is 31.1 Å². The van der Waals surface area contributed by atoms with Crippen LogP contribution in [0.5, 0.6) is 5.75 Å². The highest BCUT2D eigenvalue weighted by Gasteiger charge is 2.28. The van der Waals surface area contributed by atoms with Crippen molar-refractivity contribution in [1.29, 1.82) is 0 Å². The van der Waals surface area contributed by atoms with Gasteiger partial charge in [-0.3, -0.25) is 4.79 Å². The van der Waals surface area contributed by atoms with Crippen LogP contribution in [0.4, 0.5) is 13.2 Å². The third-order valence-electron chi connectivity index (χ3n) is 3.58. The number of nitrogens with one attached hydrogen (secondary N) is 2. The summed E-state index contributed by atoms with van der Waals surface area (Å²) < 4.78 is 67.9. The molecule has 10 heteroatoms. The third kappa shape index (κ3) is 7.24.